The normalized spacial score (nSPS) is 15.5. The maximum atomic E-state index is 3.83. The molecule has 1 heterocycles. The molecule has 0 bridgehead atoms. The SMILES string of the molecule is CC1(C)c2ccccc2-c2ccc(N(c3ccc(-c4ccc(-c5ccc(N(c6ccc7c(c6)C(C)(C)c6ccccc6-7)c6ccc7c(c6)C(C)(C)c6ccccc6-7)cc5)[nH]4)cc3)c3ccc4c(c3)C(C)(C)c3ccccc3-4)cc21. The number of hydrogen-bond acceptors (Lipinski definition) is 2. The lowest BCUT2D eigenvalue weighted by Crippen LogP contribution is -2.18. The summed E-state index contributed by atoms with van der Waals surface area (Å²) in [4.78, 5) is 8.74. The molecule has 1 aromatic heterocycles. The topological polar surface area (TPSA) is 22.3 Å². The van der Waals surface area contributed by atoms with E-state index in [0.29, 0.717) is 0 Å². The van der Waals surface area contributed by atoms with E-state index in [4.69, 9.17) is 0 Å². The minimum atomic E-state index is -0.121. The van der Waals surface area contributed by atoms with Crippen LogP contribution in [0.1, 0.15) is 99.9 Å². The lowest BCUT2D eigenvalue weighted by atomic mass is 9.82. The molecule has 0 radical (unpaired) electrons. The molecular formula is C76H63N3. The highest BCUT2D eigenvalue weighted by Gasteiger charge is 2.40. The van der Waals surface area contributed by atoms with Crippen molar-refractivity contribution in [1.29, 1.82) is 0 Å². The van der Waals surface area contributed by atoms with Gasteiger partial charge in [-0.2, -0.15) is 0 Å². The van der Waals surface area contributed by atoms with Crippen LogP contribution in [-0.4, -0.2) is 4.98 Å². The number of H-pyrrole nitrogens is 1. The van der Waals surface area contributed by atoms with Crippen LogP contribution in [0.3, 0.4) is 0 Å². The highest BCUT2D eigenvalue weighted by molar-refractivity contribution is 5.91. The van der Waals surface area contributed by atoms with Gasteiger partial charge in [0.2, 0.25) is 0 Å². The summed E-state index contributed by atoms with van der Waals surface area (Å²) in [5.74, 6) is 0. The number of hydrogen-bond donors (Lipinski definition) is 1. The van der Waals surface area contributed by atoms with E-state index in [0.717, 1.165) is 56.6 Å². The fraction of sp³-hybridized carbons (Fsp3) is 0.158. The summed E-state index contributed by atoms with van der Waals surface area (Å²) in [6.45, 7) is 18.9. The number of benzene rings is 10. The first-order valence-corrected chi connectivity index (χ1v) is 28.2. The van der Waals surface area contributed by atoms with Crippen LogP contribution >= 0.6 is 0 Å². The summed E-state index contributed by atoms with van der Waals surface area (Å²) in [7, 11) is 0. The Kier molecular flexibility index (Phi) is 10.1. The van der Waals surface area contributed by atoms with Gasteiger partial charge in [-0.1, -0.05) is 201 Å². The Balaban J connectivity index is 0.772. The van der Waals surface area contributed by atoms with Crippen molar-refractivity contribution in [3.05, 3.63) is 275 Å². The lowest BCUT2D eigenvalue weighted by Gasteiger charge is -2.30. The zero-order chi connectivity index (χ0) is 53.7. The summed E-state index contributed by atoms with van der Waals surface area (Å²) in [6, 6.07) is 86.7. The molecule has 4 aliphatic rings. The minimum absolute atomic E-state index is 0.121. The van der Waals surface area contributed by atoms with Crippen LogP contribution in [-0.2, 0) is 21.7 Å². The zero-order valence-electron chi connectivity index (χ0n) is 46.3. The minimum Gasteiger partial charge on any atom is -0.355 e. The van der Waals surface area contributed by atoms with Crippen LogP contribution in [0.25, 0.3) is 67.0 Å². The third-order valence-corrected chi connectivity index (χ3v) is 18.9. The largest absolute Gasteiger partial charge is 0.355 e. The second kappa shape index (κ2) is 16.8. The van der Waals surface area contributed by atoms with Gasteiger partial charge in [0.25, 0.3) is 0 Å². The first-order valence-electron chi connectivity index (χ1n) is 28.2. The predicted molar refractivity (Wildman–Crippen MR) is 331 cm³/mol. The fourth-order valence-electron chi connectivity index (χ4n) is 14.5. The molecule has 79 heavy (non-hydrogen) atoms. The molecule has 3 nitrogen and oxygen atoms in total. The maximum absolute atomic E-state index is 3.83. The molecule has 0 spiro atoms. The number of fused-ring (bicyclic) bond motifs is 12. The molecule has 0 atom stereocenters. The third kappa shape index (κ3) is 6.91. The van der Waals surface area contributed by atoms with Crippen LogP contribution in [0.5, 0.6) is 0 Å². The zero-order valence-corrected chi connectivity index (χ0v) is 46.3. The third-order valence-electron chi connectivity index (χ3n) is 18.9. The molecule has 0 aliphatic heterocycles. The summed E-state index contributed by atoms with van der Waals surface area (Å²) < 4.78 is 0. The smallest absolute Gasteiger partial charge is 0.0465 e. The number of aromatic nitrogens is 1. The Morgan fingerprint density at radius 3 is 0.722 bits per heavy atom. The Labute approximate surface area is 465 Å². The van der Waals surface area contributed by atoms with Crippen molar-refractivity contribution < 1.29 is 0 Å². The molecule has 11 aromatic rings. The van der Waals surface area contributed by atoms with E-state index in [1.54, 1.807) is 0 Å². The highest BCUT2D eigenvalue weighted by atomic mass is 15.1. The van der Waals surface area contributed by atoms with Crippen molar-refractivity contribution in [2.45, 2.75) is 77.0 Å². The van der Waals surface area contributed by atoms with E-state index in [2.05, 4.69) is 301 Å². The Hall–Kier alpha value is -8.92. The average Bonchev–Trinajstić information content (AvgIpc) is 4.40. The molecule has 1 N–H and O–H groups in total. The molecule has 0 amide bonds. The molecule has 15 rings (SSSR count). The highest BCUT2D eigenvalue weighted by Crippen LogP contribution is 2.56. The van der Waals surface area contributed by atoms with Gasteiger partial charge in [-0.15, -0.1) is 0 Å². The number of aromatic amines is 1. The Bertz CT molecular complexity index is 3820. The molecule has 0 saturated heterocycles. The molecule has 0 saturated carbocycles. The van der Waals surface area contributed by atoms with Crippen LogP contribution in [0.4, 0.5) is 34.1 Å². The van der Waals surface area contributed by atoms with E-state index < -0.39 is 0 Å². The standard InChI is InChI=1S/C76H63N3/c1-73(2)63-21-13-9-17-55(63)59-37-33-51(43-67(59)73)78(52-34-38-60-56-18-10-14-22-64(56)74(3,4)68(60)44-52)49-29-25-47(26-30-49)71-41-42-72(77-71)48-27-31-50(32-28-48)79(53-35-39-61-57-19-11-15-23-65(57)75(5,6)69(61)45-53)54-36-40-62-58-20-12-16-24-66(58)76(7,8)70(62)46-54/h9-46,77H,1-8H3. The second-order valence-corrected chi connectivity index (χ2v) is 24.7. The molecule has 3 heteroatoms. The molecule has 382 valence electrons. The van der Waals surface area contributed by atoms with Gasteiger partial charge in [-0.3, -0.25) is 0 Å². The number of anilines is 6. The monoisotopic (exact) mass is 1020 g/mol. The predicted octanol–water partition coefficient (Wildman–Crippen LogP) is 20.5. The Morgan fingerprint density at radius 2 is 0.456 bits per heavy atom. The van der Waals surface area contributed by atoms with Crippen LogP contribution in [0, 0.1) is 0 Å². The lowest BCUT2D eigenvalue weighted by molar-refractivity contribution is 0.659. The molecule has 4 aliphatic carbocycles. The summed E-state index contributed by atoms with van der Waals surface area (Å²) in [5, 5.41) is 0. The van der Waals surface area contributed by atoms with Gasteiger partial charge in [0.1, 0.15) is 0 Å². The quantitative estimate of drug-likeness (QED) is 0.164. The molecular weight excluding hydrogens is 955 g/mol. The number of nitrogens with one attached hydrogen (secondary N) is 1. The Morgan fingerprint density at radius 1 is 0.228 bits per heavy atom. The molecule has 0 fully saturated rings. The van der Waals surface area contributed by atoms with Gasteiger partial charge in [-0.25, -0.2) is 0 Å². The van der Waals surface area contributed by atoms with Crippen molar-refractivity contribution in [3.63, 3.8) is 0 Å². The van der Waals surface area contributed by atoms with Crippen molar-refractivity contribution in [3.8, 4) is 67.0 Å². The number of rotatable bonds is 8. The van der Waals surface area contributed by atoms with Crippen molar-refractivity contribution in [1.82, 2.24) is 4.98 Å². The van der Waals surface area contributed by atoms with Crippen molar-refractivity contribution in [2.75, 3.05) is 9.80 Å². The van der Waals surface area contributed by atoms with Crippen molar-refractivity contribution in [2.24, 2.45) is 0 Å². The van der Waals surface area contributed by atoms with Crippen molar-refractivity contribution >= 4 is 34.1 Å². The maximum Gasteiger partial charge on any atom is 0.0465 e. The van der Waals surface area contributed by atoms with Gasteiger partial charge in [-0.05, 0) is 185 Å². The van der Waals surface area contributed by atoms with Crippen LogP contribution < -0.4 is 9.80 Å². The van der Waals surface area contributed by atoms with Gasteiger partial charge >= 0.3 is 0 Å². The average molecular weight is 1020 g/mol. The fourth-order valence-corrected chi connectivity index (χ4v) is 14.5. The van der Waals surface area contributed by atoms with E-state index in [9.17, 15) is 0 Å². The van der Waals surface area contributed by atoms with Gasteiger partial charge in [0.05, 0.1) is 0 Å². The van der Waals surface area contributed by atoms with Crippen LogP contribution in [0.2, 0.25) is 0 Å². The van der Waals surface area contributed by atoms with E-state index in [1.165, 1.54) is 89.0 Å². The van der Waals surface area contributed by atoms with Crippen LogP contribution in [0.15, 0.2) is 231 Å². The molecule has 10 aromatic carbocycles. The van der Waals surface area contributed by atoms with Gasteiger partial charge in [0, 0.05) is 67.2 Å². The van der Waals surface area contributed by atoms with E-state index in [-0.39, 0.29) is 21.7 Å². The summed E-state index contributed by atoms with van der Waals surface area (Å²) in [6.07, 6.45) is 0. The first kappa shape index (κ1) is 47.3. The summed E-state index contributed by atoms with van der Waals surface area (Å²) >= 11 is 0. The summed E-state index contributed by atoms with van der Waals surface area (Å²) in [5.41, 5.74) is 32.4. The number of nitrogens with zero attached hydrogens (tertiary/aromatic N) is 2. The van der Waals surface area contributed by atoms with E-state index in [1.807, 2.05) is 0 Å². The molecule has 0 unspecified atom stereocenters. The van der Waals surface area contributed by atoms with E-state index >= 15 is 0 Å². The van der Waals surface area contributed by atoms with Gasteiger partial charge in [0.15, 0.2) is 0 Å². The second-order valence-electron chi connectivity index (χ2n) is 24.7. The van der Waals surface area contributed by atoms with Gasteiger partial charge < -0.3 is 14.8 Å². The first-order chi connectivity index (χ1) is 38.2.